The lowest BCUT2D eigenvalue weighted by Gasteiger charge is -2.39. The van der Waals surface area contributed by atoms with Gasteiger partial charge in [0.1, 0.15) is 23.1 Å². The van der Waals surface area contributed by atoms with Gasteiger partial charge in [0.2, 0.25) is 0 Å². The van der Waals surface area contributed by atoms with Gasteiger partial charge in [-0.1, -0.05) is 13.0 Å². The maximum absolute atomic E-state index is 14.7. The lowest BCUT2D eigenvalue weighted by molar-refractivity contribution is -0.116. The predicted octanol–water partition coefficient (Wildman–Crippen LogP) is 5.44. The predicted molar refractivity (Wildman–Crippen MR) is 115 cm³/mol. The number of thiophene rings is 1. The number of ketones is 1. The summed E-state index contributed by atoms with van der Waals surface area (Å²) in [6.45, 7) is 2.03. The Morgan fingerprint density at radius 3 is 2.70 bits per heavy atom. The number of allylic oxidation sites excluding steroid dienone is 3. The molecule has 30 heavy (non-hydrogen) atoms. The number of hydrogen-bond donors (Lipinski definition) is 1. The molecular formula is C22H19F2N3OS2. The normalized spacial score (nSPS) is 19.2. The van der Waals surface area contributed by atoms with Crippen molar-refractivity contribution in [2.24, 2.45) is 5.73 Å². The minimum atomic E-state index is -0.795. The molecule has 4 rings (SSSR count). The Hall–Kier alpha value is -2.63. The molecule has 1 aliphatic heterocycles. The third kappa shape index (κ3) is 3.22. The maximum atomic E-state index is 14.7. The summed E-state index contributed by atoms with van der Waals surface area (Å²) in [5.74, 6) is -1.51. The number of hydrogen-bond acceptors (Lipinski definition) is 6. The summed E-state index contributed by atoms with van der Waals surface area (Å²) in [6.07, 6.45) is 1.35. The van der Waals surface area contributed by atoms with E-state index in [2.05, 4.69) is 6.07 Å². The second kappa shape index (κ2) is 8.25. The summed E-state index contributed by atoms with van der Waals surface area (Å²) >= 11 is 3.18. The van der Waals surface area contributed by atoms with Crippen LogP contribution in [0.4, 0.5) is 14.5 Å². The Labute approximate surface area is 181 Å². The zero-order valence-electron chi connectivity index (χ0n) is 16.2. The minimum absolute atomic E-state index is 0.0291. The molecular weight excluding hydrogens is 424 g/mol. The van der Waals surface area contributed by atoms with Crippen LogP contribution < -0.4 is 10.6 Å². The smallest absolute Gasteiger partial charge is 0.161 e. The molecule has 2 aromatic rings. The van der Waals surface area contributed by atoms with Crippen molar-refractivity contribution in [2.75, 3.05) is 10.7 Å². The number of rotatable bonds is 4. The molecule has 0 amide bonds. The lowest BCUT2D eigenvalue weighted by atomic mass is 9.76. The van der Waals surface area contributed by atoms with Crippen molar-refractivity contribution in [3.8, 4) is 6.07 Å². The fraction of sp³-hybridized carbons (Fsp3) is 0.273. The highest BCUT2D eigenvalue weighted by Gasteiger charge is 2.42. The van der Waals surface area contributed by atoms with E-state index in [1.54, 1.807) is 23.1 Å². The van der Waals surface area contributed by atoms with Crippen LogP contribution in [0.2, 0.25) is 0 Å². The summed E-state index contributed by atoms with van der Waals surface area (Å²) in [7, 11) is 0. The van der Waals surface area contributed by atoms with Crippen LogP contribution in [0, 0.1) is 23.0 Å². The number of nitrogens with two attached hydrogens (primary N) is 1. The van der Waals surface area contributed by atoms with Gasteiger partial charge in [0.05, 0.1) is 21.8 Å². The van der Waals surface area contributed by atoms with E-state index in [9.17, 15) is 18.8 Å². The molecule has 0 bridgehead atoms. The molecule has 0 spiro atoms. The van der Waals surface area contributed by atoms with E-state index >= 15 is 0 Å². The van der Waals surface area contributed by atoms with Gasteiger partial charge in [-0.3, -0.25) is 9.69 Å². The summed E-state index contributed by atoms with van der Waals surface area (Å²) < 4.78 is 30.4. The number of para-hydroxylation sites is 1. The summed E-state index contributed by atoms with van der Waals surface area (Å²) in [6, 6.07) is 7.59. The van der Waals surface area contributed by atoms with Crippen molar-refractivity contribution in [3.63, 3.8) is 0 Å². The van der Waals surface area contributed by atoms with Crippen molar-refractivity contribution in [2.45, 2.75) is 36.3 Å². The molecule has 154 valence electrons. The SMILES string of the molecule is CCSc1sccc1[C@@H]1C(C#N)=C(N)N(c2c(F)cccc2F)C2=C1C(=O)CCC2. The second-order valence-corrected chi connectivity index (χ2v) is 9.43. The molecule has 1 atom stereocenters. The van der Waals surface area contributed by atoms with E-state index in [-0.39, 0.29) is 22.9 Å². The van der Waals surface area contributed by atoms with Crippen LogP contribution >= 0.6 is 23.1 Å². The monoisotopic (exact) mass is 443 g/mol. The van der Waals surface area contributed by atoms with Crippen molar-refractivity contribution in [3.05, 3.63) is 69.5 Å². The number of thioether (sulfide) groups is 1. The summed E-state index contributed by atoms with van der Waals surface area (Å²) in [5.41, 5.74) is 7.92. The Kier molecular flexibility index (Phi) is 5.67. The fourth-order valence-corrected chi connectivity index (χ4v) is 6.19. The van der Waals surface area contributed by atoms with Crippen LogP contribution in [0.15, 0.2) is 56.5 Å². The first kappa shape index (κ1) is 20.6. The van der Waals surface area contributed by atoms with Gasteiger partial charge in [0.15, 0.2) is 5.78 Å². The zero-order chi connectivity index (χ0) is 21.4. The standard InChI is InChI=1S/C22H19F2N3OS2/c1-2-29-22-12(9-10-30-22)18-13(11-25)21(26)27(16-7-4-8-17(28)19(16)18)20-14(23)5-3-6-15(20)24/h3,5-6,9-10,18H,2,4,7-8,26H2,1H3/t18-/m1/s1. The number of Topliss-reactive ketones (excluding diaryl/α,β-unsaturated/α-hetero) is 1. The molecule has 4 nitrogen and oxygen atoms in total. The van der Waals surface area contributed by atoms with E-state index in [0.717, 1.165) is 27.7 Å². The Balaban J connectivity index is 2.00. The molecule has 0 radical (unpaired) electrons. The number of nitrogens with zero attached hydrogens (tertiary/aromatic N) is 2. The minimum Gasteiger partial charge on any atom is -0.384 e. The van der Waals surface area contributed by atoms with E-state index in [4.69, 9.17) is 5.73 Å². The second-order valence-electron chi connectivity index (χ2n) is 6.98. The molecule has 2 N–H and O–H groups in total. The van der Waals surface area contributed by atoms with Gasteiger partial charge in [0, 0.05) is 17.7 Å². The molecule has 1 aliphatic carbocycles. The molecule has 2 aliphatic rings. The Morgan fingerprint density at radius 1 is 1.30 bits per heavy atom. The summed E-state index contributed by atoms with van der Waals surface area (Å²) in [5, 5.41) is 11.9. The van der Waals surface area contributed by atoms with E-state index < -0.39 is 17.6 Å². The van der Waals surface area contributed by atoms with Gasteiger partial charge in [0.25, 0.3) is 0 Å². The van der Waals surface area contributed by atoms with Crippen LogP contribution in [0.1, 0.15) is 37.7 Å². The van der Waals surface area contributed by atoms with E-state index in [1.165, 1.54) is 11.0 Å². The van der Waals surface area contributed by atoms with Gasteiger partial charge in [-0.2, -0.15) is 5.26 Å². The number of anilines is 1. The van der Waals surface area contributed by atoms with E-state index in [0.29, 0.717) is 30.5 Å². The van der Waals surface area contributed by atoms with Gasteiger partial charge in [-0.15, -0.1) is 23.1 Å². The van der Waals surface area contributed by atoms with Crippen LogP contribution in [0.3, 0.4) is 0 Å². The molecule has 2 heterocycles. The first-order valence-corrected chi connectivity index (χ1v) is 11.5. The number of benzene rings is 1. The van der Waals surface area contributed by atoms with Crippen molar-refractivity contribution in [1.82, 2.24) is 0 Å². The highest BCUT2D eigenvalue weighted by atomic mass is 32.2. The number of halogens is 2. The molecule has 0 saturated heterocycles. The lowest BCUT2D eigenvalue weighted by Crippen LogP contribution is -2.39. The molecule has 8 heteroatoms. The van der Waals surface area contributed by atoms with Crippen LogP contribution in [0.25, 0.3) is 0 Å². The Morgan fingerprint density at radius 2 is 2.03 bits per heavy atom. The van der Waals surface area contributed by atoms with Gasteiger partial charge < -0.3 is 5.73 Å². The van der Waals surface area contributed by atoms with Gasteiger partial charge >= 0.3 is 0 Å². The average Bonchev–Trinajstić information content (AvgIpc) is 3.17. The molecule has 0 unspecified atom stereocenters. The fourth-order valence-electron chi connectivity index (χ4n) is 4.12. The number of carbonyl (C=O) groups is 1. The molecule has 1 aromatic heterocycles. The molecule has 0 fully saturated rings. The van der Waals surface area contributed by atoms with Crippen molar-refractivity contribution < 1.29 is 13.6 Å². The van der Waals surface area contributed by atoms with Crippen LogP contribution in [0.5, 0.6) is 0 Å². The van der Waals surface area contributed by atoms with Crippen LogP contribution in [-0.2, 0) is 4.79 Å². The van der Waals surface area contributed by atoms with Crippen molar-refractivity contribution >= 4 is 34.6 Å². The summed E-state index contributed by atoms with van der Waals surface area (Å²) in [4.78, 5) is 14.3. The third-order valence-corrected chi connectivity index (χ3v) is 7.47. The quantitative estimate of drug-likeness (QED) is 0.637. The third-order valence-electron chi connectivity index (χ3n) is 5.32. The van der Waals surface area contributed by atoms with Gasteiger partial charge in [-0.25, -0.2) is 8.78 Å². The van der Waals surface area contributed by atoms with Gasteiger partial charge in [-0.05, 0) is 47.7 Å². The molecule has 0 saturated carbocycles. The van der Waals surface area contributed by atoms with E-state index in [1.807, 2.05) is 18.4 Å². The Bertz CT molecular complexity index is 1110. The maximum Gasteiger partial charge on any atom is 0.161 e. The largest absolute Gasteiger partial charge is 0.384 e. The van der Waals surface area contributed by atoms with Crippen LogP contribution in [-0.4, -0.2) is 11.5 Å². The average molecular weight is 444 g/mol. The molecule has 1 aromatic carbocycles. The number of nitriles is 1. The highest BCUT2D eigenvalue weighted by molar-refractivity contribution is 8.01. The zero-order valence-corrected chi connectivity index (χ0v) is 17.9. The number of carbonyl (C=O) groups excluding carboxylic acids is 1. The van der Waals surface area contributed by atoms with Crippen molar-refractivity contribution in [1.29, 1.82) is 5.26 Å². The highest BCUT2D eigenvalue weighted by Crippen LogP contribution is 2.49. The first-order chi connectivity index (χ1) is 14.5. The first-order valence-electron chi connectivity index (χ1n) is 9.59. The topological polar surface area (TPSA) is 70.1 Å².